The van der Waals surface area contributed by atoms with Crippen molar-refractivity contribution in [2.45, 2.75) is 20.3 Å². The van der Waals surface area contributed by atoms with Gasteiger partial charge >= 0.3 is 0 Å². The number of rotatable bonds is 1. The SMILES string of the molecule is CC(=O)C1COc2cc(C)c(Cl)cc2C1. The zero-order valence-electron chi connectivity index (χ0n) is 8.84. The van der Waals surface area contributed by atoms with E-state index in [-0.39, 0.29) is 11.7 Å². The van der Waals surface area contributed by atoms with Gasteiger partial charge in [0.2, 0.25) is 0 Å². The Morgan fingerprint density at radius 1 is 1.53 bits per heavy atom. The third kappa shape index (κ3) is 2.00. The van der Waals surface area contributed by atoms with Crippen molar-refractivity contribution in [1.29, 1.82) is 0 Å². The molecule has 0 bridgehead atoms. The molecule has 1 heterocycles. The molecule has 1 aromatic carbocycles. The molecule has 0 amide bonds. The number of benzene rings is 1. The highest BCUT2D eigenvalue weighted by atomic mass is 35.5. The first kappa shape index (κ1) is 10.5. The van der Waals surface area contributed by atoms with E-state index in [9.17, 15) is 4.79 Å². The molecule has 0 saturated carbocycles. The molecule has 1 aromatic rings. The van der Waals surface area contributed by atoms with Crippen molar-refractivity contribution >= 4 is 17.4 Å². The van der Waals surface area contributed by atoms with E-state index in [4.69, 9.17) is 16.3 Å². The molecule has 3 heteroatoms. The smallest absolute Gasteiger partial charge is 0.136 e. The summed E-state index contributed by atoms with van der Waals surface area (Å²) in [6.07, 6.45) is 0.741. The zero-order chi connectivity index (χ0) is 11.0. The van der Waals surface area contributed by atoms with Gasteiger partial charge in [-0.05, 0) is 43.5 Å². The fourth-order valence-electron chi connectivity index (χ4n) is 1.77. The van der Waals surface area contributed by atoms with E-state index in [1.807, 2.05) is 19.1 Å². The lowest BCUT2D eigenvalue weighted by atomic mass is 9.93. The van der Waals surface area contributed by atoms with Crippen LogP contribution in [0.4, 0.5) is 0 Å². The number of fused-ring (bicyclic) bond motifs is 1. The average molecular weight is 225 g/mol. The van der Waals surface area contributed by atoms with Gasteiger partial charge in [-0.25, -0.2) is 0 Å². The highest BCUT2D eigenvalue weighted by Gasteiger charge is 2.23. The molecule has 80 valence electrons. The van der Waals surface area contributed by atoms with Crippen LogP contribution in [0, 0.1) is 12.8 Å². The Kier molecular flexibility index (Phi) is 2.70. The number of aryl methyl sites for hydroxylation is 1. The largest absolute Gasteiger partial charge is 0.493 e. The van der Waals surface area contributed by atoms with Crippen molar-refractivity contribution in [1.82, 2.24) is 0 Å². The molecule has 0 aliphatic carbocycles. The summed E-state index contributed by atoms with van der Waals surface area (Å²) in [5, 5.41) is 0.738. The molecule has 1 unspecified atom stereocenters. The lowest BCUT2D eigenvalue weighted by Crippen LogP contribution is -2.26. The van der Waals surface area contributed by atoms with Gasteiger partial charge in [0.25, 0.3) is 0 Å². The molecule has 1 aliphatic heterocycles. The van der Waals surface area contributed by atoms with Crippen LogP contribution in [0.15, 0.2) is 12.1 Å². The molecule has 0 aromatic heterocycles. The van der Waals surface area contributed by atoms with Gasteiger partial charge in [0, 0.05) is 5.02 Å². The molecule has 1 atom stereocenters. The topological polar surface area (TPSA) is 26.3 Å². The van der Waals surface area contributed by atoms with Gasteiger partial charge in [-0.15, -0.1) is 0 Å². The van der Waals surface area contributed by atoms with Crippen LogP contribution in [0.5, 0.6) is 5.75 Å². The predicted octanol–water partition coefficient (Wildman–Crippen LogP) is 2.79. The number of ether oxygens (including phenoxy) is 1. The molecular weight excluding hydrogens is 212 g/mol. The minimum atomic E-state index is -0.0173. The molecule has 0 radical (unpaired) electrons. The van der Waals surface area contributed by atoms with Gasteiger partial charge in [-0.2, -0.15) is 0 Å². The number of carbonyl (C=O) groups is 1. The van der Waals surface area contributed by atoms with Crippen molar-refractivity contribution < 1.29 is 9.53 Å². The van der Waals surface area contributed by atoms with Gasteiger partial charge in [0.15, 0.2) is 0 Å². The normalized spacial score (nSPS) is 19.3. The van der Waals surface area contributed by atoms with Gasteiger partial charge < -0.3 is 4.74 Å². The van der Waals surface area contributed by atoms with E-state index in [2.05, 4.69) is 0 Å². The van der Waals surface area contributed by atoms with Gasteiger partial charge in [0.05, 0.1) is 12.5 Å². The Labute approximate surface area is 94.2 Å². The maximum atomic E-state index is 11.2. The summed E-state index contributed by atoms with van der Waals surface area (Å²) in [7, 11) is 0. The number of halogens is 1. The first-order valence-corrected chi connectivity index (χ1v) is 5.38. The van der Waals surface area contributed by atoms with Crippen molar-refractivity contribution in [3.05, 3.63) is 28.3 Å². The molecule has 15 heavy (non-hydrogen) atoms. The summed E-state index contributed by atoms with van der Waals surface area (Å²) >= 11 is 6.03. The fraction of sp³-hybridized carbons (Fsp3) is 0.417. The van der Waals surface area contributed by atoms with Crippen molar-refractivity contribution in [3.63, 3.8) is 0 Å². The summed E-state index contributed by atoms with van der Waals surface area (Å²) in [5.41, 5.74) is 2.05. The van der Waals surface area contributed by atoms with Crippen LogP contribution in [-0.4, -0.2) is 12.4 Å². The van der Waals surface area contributed by atoms with E-state index in [1.165, 1.54) is 0 Å². The fourth-order valence-corrected chi connectivity index (χ4v) is 1.95. The Morgan fingerprint density at radius 3 is 2.93 bits per heavy atom. The maximum Gasteiger partial charge on any atom is 0.136 e. The summed E-state index contributed by atoms with van der Waals surface area (Å²) in [4.78, 5) is 11.2. The number of carbonyl (C=O) groups excluding carboxylic acids is 1. The van der Waals surface area contributed by atoms with E-state index in [1.54, 1.807) is 6.92 Å². The average Bonchev–Trinajstić information content (AvgIpc) is 2.19. The maximum absolute atomic E-state index is 11.2. The van der Waals surface area contributed by atoms with E-state index in [0.29, 0.717) is 6.61 Å². The van der Waals surface area contributed by atoms with Crippen LogP contribution in [-0.2, 0) is 11.2 Å². The minimum absolute atomic E-state index is 0.0173. The van der Waals surface area contributed by atoms with Crippen LogP contribution < -0.4 is 4.74 Å². The molecule has 1 aliphatic rings. The first-order chi connectivity index (χ1) is 7.08. The molecule has 0 N–H and O–H groups in total. The summed E-state index contributed by atoms with van der Waals surface area (Å²) in [6, 6.07) is 3.84. The lowest BCUT2D eigenvalue weighted by molar-refractivity contribution is -0.121. The molecule has 0 fully saturated rings. The second kappa shape index (κ2) is 3.86. The van der Waals surface area contributed by atoms with E-state index < -0.39 is 0 Å². The molecule has 2 nitrogen and oxygen atoms in total. The minimum Gasteiger partial charge on any atom is -0.493 e. The van der Waals surface area contributed by atoms with Crippen LogP contribution in [0.1, 0.15) is 18.1 Å². The van der Waals surface area contributed by atoms with E-state index in [0.717, 1.165) is 28.3 Å². The predicted molar refractivity (Wildman–Crippen MR) is 59.6 cm³/mol. The summed E-state index contributed by atoms with van der Waals surface area (Å²) < 4.78 is 5.55. The Bertz CT molecular complexity index is 412. The molecular formula is C12H13ClO2. The number of Topliss-reactive ketones (excluding diaryl/α,β-unsaturated/α-hetero) is 1. The van der Waals surface area contributed by atoms with Crippen LogP contribution in [0.2, 0.25) is 5.02 Å². The van der Waals surface area contributed by atoms with E-state index >= 15 is 0 Å². The van der Waals surface area contributed by atoms with Crippen molar-refractivity contribution in [2.75, 3.05) is 6.61 Å². The Morgan fingerprint density at radius 2 is 2.27 bits per heavy atom. The zero-order valence-corrected chi connectivity index (χ0v) is 9.60. The Hall–Kier alpha value is -1.02. The highest BCUT2D eigenvalue weighted by molar-refractivity contribution is 6.31. The number of hydrogen-bond acceptors (Lipinski definition) is 2. The van der Waals surface area contributed by atoms with Crippen LogP contribution in [0.3, 0.4) is 0 Å². The van der Waals surface area contributed by atoms with Crippen LogP contribution in [0.25, 0.3) is 0 Å². The number of hydrogen-bond donors (Lipinski definition) is 0. The highest BCUT2D eigenvalue weighted by Crippen LogP contribution is 2.32. The first-order valence-electron chi connectivity index (χ1n) is 5.00. The van der Waals surface area contributed by atoms with Gasteiger partial charge in [0.1, 0.15) is 11.5 Å². The quantitative estimate of drug-likeness (QED) is 0.733. The van der Waals surface area contributed by atoms with Crippen molar-refractivity contribution in [2.24, 2.45) is 5.92 Å². The lowest BCUT2D eigenvalue weighted by Gasteiger charge is -2.24. The summed E-state index contributed by atoms with van der Waals surface area (Å²) in [6.45, 7) is 4.04. The standard InChI is InChI=1S/C12H13ClO2/c1-7-3-12-9(5-11(7)13)4-10(6-15-12)8(2)14/h3,5,10H,4,6H2,1-2H3. The van der Waals surface area contributed by atoms with Gasteiger partial charge in [-0.1, -0.05) is 11.6 Å². The molecule has 0 spiro atoms. The number of ketones is 1. The van der Waals surface area contributed by atoms with Crippen molar-refractivity contribution in [3.8, 4) is 5.75 Å². The molecule has 0 saturated heterocycles. The molecule has 2 rings (SSSR count). The summed E-state index contributed by atoms with van der Waals surface area (Å²) in [5.74, 6) is 1.03. The monoisotopic (exact) mass is 224 g/mol. The Balaban J connectivity index is 2.34. The third-order valence-corrected chi connectivity index (χ3v) is 3.23. The second-order valence-corrected chi connectivity index (χ2v) is 4.44. The second-order valence-electron chi connectivity index (χ2n) is 4.03. The van der Waals surface area contributed by atoms with Gasteiger partial charge in [-0.3, -0.25) is 4.79 Å². The third-order valence-electron chi connectivity index (χ3n) is 2.82. The van der Waals surface area contributed by atoms with Crippen LogP contribution >= 0.6 is 11.6 Å².